The van der Waals surface area contributed by atoms with Gasteiger partial charge in [-0.15, -0.1) is 0 Å². The van der Waals surface area contributed by atoms with Crippen molar-refractivity contribution in [3.63, 3.8) is 0 Å². The molecular formula is C35H43N5O5S. The lowest BCUT2D eigenvalue weighted by molar-refractivity contribution is 0.178. The summed E-state index contributed by atoms with van der Waals surface area (Å²) in [6.45, 7) is 3.25. The average molecular weight is 646 g/mol. The van der Waals surface area contributed by atoms with E-state index in [1.807, 2.05) is 30.2 Å². The zero-order valence-electron chi connectivity index (χ0n) is 26.3. The number of likely N-dealkylation sites (N-methyl/N-ethyl adjacent to an activating group) is 1. The first-order valence-electron chi connectivity index (χ1n) is 16.4. The molecule has 244 valence electrons. The molecule has 2 aromatic heterocycles. The van der Waals surface area contributed by atoms with Gasteiger partial charge in [0.25, 0.3) is 15.6 Å². The van der Waals surface area contributed by atoms with Crippen LogP contribution in [0.4, 0.5) is 11.4 Å². The number of nitrogens with zero attached hydrogens (tertiary/aromatic N) is 2. The summed E-state index contributed by atoms with van der Waals surface area (Å²) in [5, 5.41) is 0. The van der Waals surface area contributed by atoms with Crippen molar-refractivity contribution in [1.82, 2.24) is 14.5 Å². The summed E-state index contributed by atoms with van der Waals surface area (Å²) < 4.78 is 37.0. The van der Waals surface area contributed by atoms with Gasteiger partial charge in [-0.05, 0) is 98.7 Å². The van der Waals surface area contributed by atoms with Crippen LogP contribution in [0.3, 0.4) is 0 Å². The molecule has 1 unspecified atom stereocenters. The second kappa shape index (κ2) is 14.0. The highest BCUT2D eigenvalue weighted by Crippen LogP contribution is 2.32. The fourth-order valence-electron chi connectivity index (χ4n) is 6.76. The third-order valence-electron chi connectivity index (χ3n) is 9.27. The Morgan fingerprint density at radius 3 is 2.59 bits per heavy atom. The van der Waals surface area contributed by atoms with E-state index in [1.165, 1.54) is 55.2 Å². The summed E-state index contributed by atoms with van der Waals surface area (Å²) in [5.74, 6) is 1.52. The number of fused-ring (bicyclic) bond motifs is 1. The van der Waals surface area contributed by atoms with E-state index >= 15 is 0 Å². The quantitative estimate of drug-likeness (QED) is 0.179. The van der Waals surface area contributed by atoms with Gasteiger partial charge in [0, 0.05) is 30.3 Å². The van der Waals surface area contributed by atoms with Crippen LogP contribution in [-0.2, 0) is 22.9 Å². The van der Waals surface area contributed by atoms with Crippen LogP contribution >= 0.6 is 0 Å². The largest absolute Gasteiger partial charge is 0.488 e. The number of aromatic nitrogens is 3. The number of nitrogens with one attached hydrogen (secondary N) is 3. The van der Waals surface area contributed by atoms with E-state index in [1.54, 1.807) is 36.5 Å². The molecular weight excluding hydrogens is 602 g/mol. The maximum atomic E-state index is 13.3. The van der Waals surface area contributed by atoms with Crippen LogP contribution in [0.1, 0.15) is 69.5 Å². The van der Waals surface area contributed by atoms with Crippen LogP contribution in [0.15, 0.2) is 81.5 Å². The lowest BCUT2D eigenvalue weighted by Crippen LogP contribution is -2.39. The van der Waals surface area contributed by atoms with E-state index in [0.29, 0.717) is 35.9 Å². The van der Waals surface area contributed by atoms with E-state index in [9.17, 15) is 18.0 Å². The van der Waals surface area contributed by atoms with Crippen molar-refractivity contribution in [2.24, 2.45) is 5.92 Å². The molecule has 11 heteroatoms. The van der Waals surface area contributed by atoms with Gasteiger partial charge in [-0.1, -0.05) is 38.5 Å². The first-order valence-corrected chi connectivity index (χ1v) is 17.9. The van der Waals surface area contributed by atoms with Crippen LogP contribution < -0.4 is 25.6 Å². The van der Waals surface area contributed by atoms with Gasteiger partial charge in [0.05, 0.1) is 17.1 Å². The monoisotopic (exact) mass is 645 g/mol. The Kier molecular flexibility index (Phi) is 9.67. The minimum atomic E-state index is -3.86. The van der Waals surface area contributed by atoms with Gasteiger partial charge in [-0.2, -0.15) is 0 Å². The molecule has 3 heterocycles. The highest BCUT2D eigenvalue weighted by Gasteiger charge is 2.24. The Bertz CT molecular complexity index is 1850. The second-order valence-electron chi connectivity index (χ2n) is 12.5. The van der Waals surface area contributed by atoms with Gasteiger partial charge in [-0.3, -0.25) is 14.1 Å². The van der Waals surface area contributed by atoms with Crippen LogP contribution in [-0.4, -0.2) is 42.1 Å². The van der Waals surface area contributed by atoms with Gasteiger partial charge in [0.1, 0.15) is 17.5 Å². The number of sulfonamides is 1. The number of rotatable bonds is 12. The Balaban J connectivity index is 1.06. The smallest absolute Gasteiger partial charge is 0.330 e. The molecule has 10 nitrogen and oxygen atoms in total. The molecule has 2 aliphatic rings. The Labute approximate surface area is 269 Å². The summed E-state index contributed by atoms with van der Waals surface area (Å²) in [5.41, 5.74) is 3.14. The summed E-state index contributed by atoms with van der Waals surface area (Å²) in [4.78, 5) is 32.7. The van der Waals surface area contributed by atoms with Crippen molar-refractivity contribution in [2.75, 3.05) is 22.7 Å². The van der Waals surface area contributed by atoms with Gasteiger partial charge < -0.3 is 19.6 Å². The van der Waals surface area contributed by atoms with E-state index in [4.69, 9.17) is 4.74 Å². The number of benzene rings is 2. The third kappa shape index (κ3) is 7.41. The maximum absolute atomic E-state index is 13.3. The molecule has 0 spiro atoms. The van der Waals surface area contributed by atoms with E-state index in [-0.39, 0.29) is 22.2 Å². The summed E-state index contributed by atoms with van der Waals surface area (Å²) in [6, 6.07) is 15.3. The molecule has 3 N–H and O–H groups in total. The molecule has 0 saturated heterocycles. The Morgan fingerprint density at radius 1 is 1.02 bits per heavy atom. The first-order chi connectivity index (χ1) is 22.3. The van der Waals surface area contributed by atoms with Crippen molar-refractivity contribution in [3.05, 3.63) is 99.1 Å². The second-order valence-corrected chi connectivity index (χ2v) is 14.2. The number of ether oxygens (including phenoxy) is 1. The Hall–Kier alpha value is -4.25. The van der Waals surface area contributed by atoms with Crippen molar-refractivity contribution < 1.29 is 13.2 Å². The SMILES string of the molecule is CCN(CC1CCc2cc(NS(=O)(=O)c3ccc(-n4cc(CCCC5CCCCC5)[nH]c4=O)cc3)ccc2O1)c1ccc[nH]c1=O. The maximum Gasteiger partial charge on any atom is 0.330 e. The normalized spacial score (nSPS) is 16.8. The highest BCUT2D eigenvalue weighted by molar-refractivity contribution is 7.92. The number of hydrogen-bond donors (Lipinski definition) is 3. The van der Waals surface area contributed by atoms with Crippen molar-refractivity contribution in [3.8, 4) is 11.4 Å². The number of pyridine rings is 1. The highest BCUT2D eigenvalue weighted by atomic mass is 32.2. The van der Waals surface area contributed by atoms with Crippen molar-refractivity contribution in [2.45, 2.75) is 82.1 Å². The van der Waals surface area contributed by atoms with Crippen molar-refractivity contribution in [1.29, 1.82) is 0 Å². The number of aryl methyl sites for hydroxylation is 2. The minimum Gasteiger partial charge on any atom is -0.488 e. The molecule has 6 rings (SSSR count). The number of H-pyrrole nitrogens is 2. The van der Waals surface area contributed by atoms with Crippen LogP contribution in [0, 0.1) is 5.92 Å². The van der Waals surface area contributed by atoms with Gasteiger partial charge >= 0.3 is 5.69 Å². The van der Waals surface area contributed by atoms with Crippen LogP contribution in [0.2, 0.25) is 0 Å². The van der Waals surface area contributed by atoms with Gasteiger partial charge in [-0.25, -0.2) is 13.2 Å². The molecule has 0 bridgehead atoms. The summed E-state index contributed by atoms with van der Waals surface area (Å²) in [7, 11) is -3.86. The first kappa shape index (κ1) is 31.7. The molecule has 4 aromatic rings. The van der Waals surface area contributed by atoms with Gasteiger partial charge in [0.2, 0.25) is 0 Å². The number of anilines is 2. The lowest BCUT2D eigenvalue weighted by Gasteiger charge is -2.31. The fraction of sp³-hybridized carbons (Fsp3) is 0.429. The number of imidazole rings is 1. The zero-order valence-corrected chi connectivity index (χ0v) is 27.2. The molecule has 1 fully saturated rings. The lowest BCUT2D eigenvalue weighted by atomic mass is 9.86. The standard InChI is InChI=1S/C35H43N5O5S/c1-2-39(32-12-7-21-36-34(32)41)24-30-17-13-26-22-27(14-20-33(26)45-30)38-46(43,44)31-18-15-29(16-19-31)40-23-28(37-35(40)42)11-6-10-25-8-4-3-5-9-25/h7,12,14-16,18-23,25,30,38H,2-6,8-11,13,17,24H2,1H3,(H,36,41)(H,37,42). The molecule has 1 aliphatic heterocycles. The third-order valence-corrected chi connectivity index (χ3v) is 10.7. The topological polar surface area (TPSA) is 129 Å². The average Bonchev–Trinajstić information content (AvgIpc) is 3.44. The molecule has 1 atom stereocenters. The molecule has 2 aromatic carbocycles. The van der Waals surface area contributed by atoms with E-state index in [2.05, 4.69) is 14.7 Å². The Morgan fingerprint density at radius 2 is 1.83 bits per heavy atom. The van der Waals surface area contributed by atoms with Crippen LogP contribution in [0.5, 0.6) is 5.75 Å². The predicted octanol–water partition coefficient (Wildman–Crippen LogP) is 5.78. The van der Waals surface area contributed by atoms with Crippen LogP contribution in [0.25, 0.3) is 5.69 Å². The number of aromatic amines is 2. The molecule has 0 amide bonds. The molecule has 46 heavy (non-hydrogen) atoms. The molecule has 1 aliphatic carbocycles. The minimum absolute atomic E-state index is 0.0988. The fourth-order valence-corrected chi connectivity index (χ4v) is 7.81. The summed E-state index contributed by atoms with van der Waals surface area (Å²) in [6.07, 6.45) is 14.6. The summed E-state index contributed by atoms with van der Waals surface area (Å²) >= 11 is 0. The van der Waals surface area contributed by atoms with E-state index in [0.717, 1.165) is 42.9 Å². The zero-order chi connectivity index (χ0) is 32.1. The predicted molar refractivity (Wildman–Crippen MR) is 181 cm³/mol. The number of hydrogen-bond acceptors (Lipinski definition) is 6. The molecule has 0 radical (unpaired) electrons. The van der Waals surface area contributed by atoms with E-state index < -0.39 is 10.0 Å². The molecule has 1 saturated carbocycles. The van der Waals surface area contributed by atoms with Crippen molar-refractivity contribution >= 4 is 21.4 Å². The van der Waals surface area contributed by atoms with Gasteiger partial charge in [0.15, 0.2) is 0 Å².